The minimum atomic E-state index is -1.86. The number of hydrogen-bond acceptors (Lipinski definition) is 1. The maximum atomic E-state index is 10.3. The predicted octanol–water partition coefficient (Wildman–Crippen LogP) is 3.36. The van der Waals surface area contributed by atoms with Crippen molar-refractivity contribution < 1.29 is 5.11 Å². The Morgan fingerprint density at radius 3 is 1.22 bits per heavy atom. The summed E-state index contributed by atoms with van der Waals surface area (Å²) >= 11 is 0. The van der Waals surface area contributed by atoms with Gasteiger partial charge in [-0.2, -0.15) is 0 Å². The van der Waals surface area contributed by atoms with E-state index in [9.17, 15) is 5.11 Å². The van der Waals surface area contributed by atoms with Crippen LogP contribution in [0.1, 0.15) is 6.92 Å². The molecule has 0 fully saturated rings. The molecule has 23 heavy (non-hydrogen) atoms. The molecule has 0 amide bonds. The van der Waals surface area contributed by atoms with Gasteiger partial charge in [-0.1, -0.05) is 54.6 Å². The summed E-state index contributed by atoms with van der Waals surface area (Å²) in [4.78, 5) is 0. The van der Waals surface area contributed by atoms with E-state index in [1.54, 1.807) is 0 Å². The maximum absolute atomic E-state index is 10.3. The Balaban J connectivity index is 2.30. The fraction of sp³-hybridized carbons (Fsp3) is 0.143. The highest BCUT2D eigenvalue weighted by atomic mass is 31.2. The van der Waals surface area contributed by atoms with E-state index in [-0.39, 0.29) is 6.10 Å². The van der Waals surface area contributed by atoms with E-state index in [4.69, 9.17) is 0 Å². The van der Waals surface area contributed by atoms with Crippen molar-refractivity contribution in [3.05, 3.63) is 91.0 Å². The number of rotatable bonds is 5. The molecule has 3 rings (SSSR count). The molecule has 0 aliphatic heterocycles. The second-order valence-corrected chi connectivity index (χ2v) is 9.38. The topological polar surface area (TPSA) is 20.2 Å². The molecular weight excluding hydrogens is 299 g/mol. The van der Waals surface area contributed by atoms with E-state index >= 15 is 0 Å². The van der Waals surface area contributed by atoms with Gasteiger partial charge >= 0.3 is 0 Å². The molecule has 0 aliphatic carbocycles. The number of benzene rings is 3. The average Bonchev–Trinajstić information content (AvgIpc) is 2.62. The van der Waals surface area contributed by atoms with Crippen LogP contribution >= 0.6 is 7.26 Å². The quantitative estimate of drug-likeness (QED) is 0.715. The van der Waals surface area contributed by atoms with Crippen LogP contribution in [-0.4, -0.2) is 17.4 Å². The summed E-state index contributed by atoms with van der Waals surface area (Å²) in [5.74, 6) is 0. The van der Waals surface area contributed by atoms with Crippen LogP contribution in [0.5, 0.6) is 0 Å². The first-order chi connectivity index (χ1) is 11.2. The van der Waals surface area contributed by atoms with Crippen LogP contribution in [0.15, 0.2) is 91.0 Å². The van der Waals surface area contributed by atoms with Crippen molar-refractivity contribution in [2.24, 2.45) is 0 Å². The summed E-state index contributed by atoms with van der Waals surface area (Å²) in [6.07, 6.45) is 0.398. The first-order valence-corrected chi connectivity index (χ1v) is 9.94. The Bertz CT molecular complexity index is 627. The molecule has 116 valence electrons. The molecule has 0 saturated heterocycles. The van der Waals surface area contributed by atoms with Crippen molar-refractivity contribution in [2.45, 2.75) is 13.0 Å². The summed E-state index contributed by atoms with van der Waals surface area (Å²) in [5, 5.41) is 14.3. The zero-order valence-corrected chi connectivity index (χ0v) is 14.2. The van der Waals surface area contributed by atoms with Gasteiger partial charge in [-0.05, 0) is 43.3 Å². The zero-order valence-electron chi connectivity index (χ0n) is 13.3. The van der Waals surface area contributed by atoms with E-state index in [1.165, 1.54) is 15.9 Å². The Morgan fingerprint density at radius 1 is 0.652 bits per heavy atom. The first kappa shape index (κ1) is 15.9. The molecule has 2 heteroatoms. The molecule has 3 aromatic rings. The Hall–Kier alpha value is -1.95. The Labute approximate surface area is 139 Å². The monoisotopic (exact) mass is 321 g/mol. The predicted molar refractivity (Wildman–Crippen MR) is 102 cm³/mol. The van der Waals surface area contributed by atoms with Crippen LogP contribution in [0.25, 0.3) is 0 Å². The lowest BCUT2D eigenvalue weighted by Crippen LogP contribution is -2.36. The highest BCUT2D eigenvalue weighted by Gasteiger charge is 2.45. The fourth-order valence-corrected chi connectivity index (χ4v) is 7.57. The van der Waals surface area contributed by atoms with E-state index in [2.05, 4.69) is 91.0 Å². The number of aliphatic hydroxyl groups is 1. The standard InChI is InChI=1S/C21H22OP/c1-18(22)17-23(19-11-5-2-6-12-19,20-13-7-3-8-14-20)21-15-9-4-10-16-21/h2-16,18,22H,17H2,1H3/q+1/t18-/m0/s1. The lowest BCUT2D eigenvalue weighted by molar-refractivity contribution is 0.219. The average molecular weight is 321 g/mol. The maximum Gasteiger partial charge on any atom is 0.114 e. The van der Waals surface area contributed by atoms with Crippen molar-refractivity contribution in [3.8, 4) is 0 Å². The van der Waals surface area contributed by atoms with Gasteiger partial charge in [0.1, 0.15) is 23.2 Å². The van der Waals surface area contributed by atoms with Crippen LogP contribution < -0.4 is 15.9 Å². The molecular formula is C21H22OP+. The highest BCUT2D eigenvalue weighted by Crippen LogP contribution is 2.55. The van der Waals surface area contributed by atoms with Gasteiger partial charge in [0.2, 0.25) is 0 Å². The van der Waals surface area contributed by atoms with Crippen molar-refractivity contribution in [3.63, 3.8) is 0 Å². The SMILES string of the molecule is C[C@H](O)C[P+](c1ccccc1)(c1ccccc1)c1ccccc1. The van der Waals surface area contributed by atoms with Gasteiger partial charge in [0, 0.05) is 0 Å². The third-order valence-electron chi connectivity index (χ3n) is 4.13. The lowest BCUT2D eigenvalue weighted by Gasteiger charge is -2.28. The first-order valence-electron chi connectivity index (χ1n) is 7.96. The normalized spacial score (nSPS) is 12.8. The summed E-state index contributed by atoms with van der Waals surface area (Å²) < 4.78 is 0. The summed E-state index contributed by atoms with van der Waals surface area (Å²) in [6.45, 7) is 1.89. The molecule has 1 N–H and O–H groups in total. The van der Waals surface area contributed by atoms with E-state index in [1.807, 2.05) is 6.92 Å². The highest BCUT2D eigenvalue weighted by molar-refractivity contribution is 7.95. The van der Waals surface area contributed by atoms with Gasteiger partial charge in [0.15, 0.2) is 0 Å². The van der Waals surface area contributed by atoms with Crippen LogP contribution in [0, 0.1) is 0 Å². The molecule has 0 aliphatic rings. The van der Waals surface area contributed by atoms with Crippen molar-refractivity contribution in [1.29, 1.82) is 0 Å². The van der Waals surface area contributed by atoms with Gasteiger partial charge in [0.25, 0.3) is 0 Å². The number of aliphatic hydroxyl groups excluding tert-OH is 1. The second kappa shape index (κ2) is 7.08. The van der Waals surface area contributed by atoms with Crippen LogP contribution in [-0.2, 0) is 0 Å². The van der Waals surface area contributed by atoms with Gasteiger partial charge in [-0.3, -0.25) is 0 Å². The molecule has 0 spiro atoms. The van der Waals surface area contributed by atoms with Crippen LogP contribution in [0.3, 0.4) is 0 Å². The fourth-order valence-electron chi connectivity index (χ4n) is 3.21. The molecule has 0 heterocycles. The van der Waals surface area contributed by atoms with Gasteiger partial charge < -0.3 is 5.11 Å². The summed E-state index contributed by atoms with van der Waals surface area (Å²) in [7, 11) is -1.86. The Morgan fingerprint density at radius 2 is 0.957 bits per heavy atom. The van der Waals surface area contributed by atoms with Crippen molar-refractivity contribution in [1.82, 2.24) is 0 Å². The number of hydrogen-bond donors (Lipinski definition) is 1. The molecule has 3 aromatic carbocycles. The van der Waals surface area contributed by atoms with Crippen molar-refractivity contribution in [2.75, 3.05) is 6.16 Å². The Kier molecular flexibility index (Phi) is 4.91. The minimum Gasteiger partial charge on any atom is -0.390 e. The molecule has 0 bridgehead atoms. The molecule has 0 aromatic heterocycles. The molecule has 0 unspecified atom stereocenters. The van der Waals surface area contributed by atoms with Crippen molar-refractivity contribution >= 4 is 23.2 Å². The smallest absolute Gasteiger partial charge is 0.114 e. The molecule has 1 nitrogen and oxygen atoms in total. The zero-order chi connectivity index (χ0) is 16.1. The van der Waals surface area contributed by atoms with Crippen LogP contribution in [0.4, 0.5) is 0 Å². The minimum absolute atomic E-state index is 0.357. The second-order valence-electron chi connectivity index (χ2n) is 5.85. The van der Waals surface area contributed by atoms with E-state index < -0.39 is 7.26 Å². The van der Waals surface area contributed by atoms with Crippen LogP contribution in [0.2, 0.25) is 0 Å². The van der Waals surface area contributed by atoms with Gasteiger partial charge in [-0.25, -0.2) is 0 Å². The van der Waals surface area contributed by atoms with Gasteiger partial charge in [0.05, 0.1) is 12.3 Å². The molecule has 0 radical (unpaired) electrons. The van der Waals surface area contributed by atoms with E-state index in [0.717, 1.165) is 6.16 Å². The van der Waals surface area contributed by atoms with Gasteiger partial charge in [-0.15, -0.1) is 0 Å². The molecule has 1 atom stereocenters. The van der Waals surface area contributed by atoms with E-state index in [0.29, 0.717) is 0 Å². The summed E-state index contributed by atoms with van der Waals surface area (Å²) in [6, 6.07) is 32.0. The molecule has 0 saturated carbocycles. The summed E-state index contributed by atoms with van der Waals surface area (Å²) in [5.41, 5.74) is 0. The largest absolute Gasteiger partial charge is 0.390 e. The third kappa shape index (κ3) is 3.22. The lowest BCUT2D eigenvalue weighted by atomic mass is 10.3. The third-order valence-corrected chi connectivity index (χ3v) is 8.74.